The van der Waals surface area contributed by atoms with Gasteiger partial charge in [-0.15, -0.1) is 0 Å². The summed E-state index contributed by atoms with van der Waals surface area (Å²) in [4.78, 5) is 12.8. The second-order valence-electron chi connectivity index (χ2n) is 7.03. The monoisotopic (exact) mass is 367 g/mol. The van der Waals surface area contributed by atoms with E-state index in [0.29, 0.717) is 17.9 Å². The molecule has 3 rings (SSSR count). The van der Waals surface area contributed by atoms with Gasteiger partial charge in [0.15, 0.2) is 0 Å². The van der Waals surface area contributed by atoms with E-state index in [-0.39, 0.29) is 11.3 Å². The van der Waals surface area contributed by atoms with Crippen molar-refractivity contribution in [1.29, 1.82) is 0 Å². The Balaban J connectivity index is 1.76. The van der Waals surface area contributed by atoms with E-state index in [2.05, 4.69) is 46.9 Å². The molecule has 1 fully saturated rings. The smallest absolute Gasteiger partial charge is 0.255 e. The Morgan fingerprint density at radius 1 is 1.07 bits per heavy atom. The van der Waals surface area contributed by atoms with Crippen LogP contribution in [-0.4, -0.2) is 44.2 Å². The second kappa shape index (κ2) is 9.02. The molecule has 0 bridgehead atoms. The number of hydrazine groups is 1. The molecular formula is C22H29N3O2. The Morgan fingerprint density at radius 3 is 2.41 bits per heavy atom. The largest absolute Gasteiger partial charge is 0.496 e. The summed E-state index contributed by atoms with van der Waals surface area (Å²) in [5, 5.41) is 5.45. The first-order valence-electron chi connectivity index (χ1n) is 9.64. The number of amides is 1. The van der Waals surface area contributed by atoms with Crippen molar-refractivity contribution in [2.75, 3.05) is 33.3 Å². The highest BCUT2D eigenvalue weighted by molar-refractivity contribution is 5.96. The predicted molar refractivity (Wildman–Crippen MR) is 108 cm³/mol. The van der Waals surface area contributed by atoms with Crippen molar-refractivity contribution >= 4 is 5.91 Å². The summed E-state index contributed by atoms with van der Waals surface area (Å²) >= 11 is 0. The maximum Gasteiger partial charge on any atom is 0.255 e. The van der Waals surface area contributed by atoms with Crippen molar-refractivity contribution in [1.82, 2.24) is 15.8 Å². The Kier molecular flexibility index (Phi) is 6.48. The van der Waals surface area contributed by atoms with Crippen molar-refractivity contribution in [2.45, 2.75) is 25.2 Å². The van der Waals surface area contributed by atoms with Gasteiger partial charge < -0.3 is 10.1 Å². The number of piperidine rings is 1. The van der Waals surface area contributed by atoms with E-state index in [0.717, 1.165) is 32.5 Å². The summed E-state index contributed by atoms with van der Waals surface area (Å²) in [5.41, 5.74) is 5.23. The second-order valence-corrected chi connectivity index (χ2v) is 7.03. The van der Waals surface area contributed by atoms with Gasteiger partial charge in [-0.25, -0.2) is 5.01 Å². The molecule has 0 aromatic heterocycles. The summed E-state index contributed by atoms with van der Waals surface area (Å²) in [6.45, 7) is 5.60. The van der Waals surface area contributed by atoms with E-state index in [1.54, 1.807) is 13.2 Å². The van der Waals surface area contributed by atoms with E-state index in [4.69, 9.17) is 4.74 Å². The molecule has 1 amide bonds. The van der Waals surface area contributed by atoms with Crippen molar-refractivity contribution < 1.29 is 9.53 Å². The molecule has 0 spiro atoms. The van der Waals surface area contributed by atoms with Gasteiger partial charge in [0.1, 0.15) is 5.75 Å². The predicted octanol–water partition coefficient (Wildman–Crippen LogP) is 2.98. The summed E-state index contributed by atoms with van der Waals surface area (Å²) in [6.07, 6.45) is 1.99. The third-order valence-electron chi connectivity index (χ3n) is 5.43. The molecule has 5 heteroatoms. The van der Waals surface area contributed by atoms with E-state index >= 15 is 0 Å². The van der Waals surface area contributed by atoms with Gasteiger partial charge in [-0.2, -0.15) is 0 Å². The lowest BCUT2D eigenvalue weighted by Gasteiger charge is -2.42. The average molecular weight is 367 g/mol. The zero-order chi connectivity index (χ0) is 19.1. The molecule has 2 N–H and O–H groups in total. The number of para-hydroxylation sites is 1. The Morgan fingerprint density at radius 2 is 1.74 bits per heavy atom. The van der Waals surface area contributed by atoms with Crippen molar-refractivity contribution in [3.63, 3.8) is 0 Å². The highest BCUT2D eigenvalue weighted by atomic mass is 16.5. The Hall–Kier alpha value is -2.37. The van der Waals surface area contributed by atoms with Crippen molar-refractivity contribution in [2.24, 2.45) is 0 Å². The Bertz CT molecular complexity index is 740. The van der Waals surface area contributed by atoms with Crippen LogP contribution in [0.2, 0.25) is 0 Å². The van der Waals surface area contributed by atoms with Gasteiger partial charge in [-0.3, -0.25) is 10.2 Å². The topological polar surface area (TPSA) is 53.6 Å². The zero-order valence-electron chi connectivity index (χ0n) is 16.2. The van der Waals surface area contributed by atoms with E-state index in [1.807, 2.05) is 24.3 Å². The Labute approximate surface area is 161 Å². The van der Waals surface area contributed by atoms with Crippen molar-refractivity contribution in [3.8, 4) is 5.75 Å². The van der Waals surface area contributed by atoms with Crippen LogP contribution in [0.4, 0.5) is 0 Å². The number of carbonyl (C=O) groups excluding carboxylic acids is 1. The van der Waals surface area contributed by atoms with E-state index in [9.17, 15) is 4.79 Å². The lowest BCUT2D eigenvalue weighted by atomic mass is 9.73. The number of nitrogens with zero attached hydrogens (tertiary/aromatic N) is 1. The number of carbonyl (C=O) groups is 1. The van der Waals surface area contributed by atoms with Crippen LogP contribution < -0.4 is 15.5 Å². The van der Waals surface area contributed by atoms with Crippen LogP contribution in [0.25, 0.3) is 0 Å². The molecule has 2 aromatic carbocycles. The van der Waals surface area contributed by atoms with Gasteiger partial charge in [-0.05, 0) is 30.5 Å². The van der Waals surface area contributed by atoms with Gasteiger partial charge in [0.2, 0.25) is 0 Å². The molecule has 144 valence electrons. The summed E-state index contributed by atoms with van der Waals surface area (Å²) < 4.78 is 5.33. The molecular weight excluding hydrogens is 338 g/mol. The van der Waals surface area contributed by atoms with Crippen LogP contribution in [0.5, 0.6) is 5.75 Å². The fraction of sp³-hybridized carbons (Fsp3) is 0.409. The number of methoxy groups -OCH3 is 1. The van der Waals surface area contributed by atoms with Crippen LogP contribution in [0.15, 0.2) is 54.6 Å². The molecule has 2 aromatic rings. The van der Waals surface area contributed by atoms with Gasteiger partial charge in [0.05, 0.1) is 12.7 Å². The molecule has 1 aliphatic heterocycles. The molecule has 1 saturated heterocycles. The van der Waals surface area contributed by atoms with Crippen molar-refractivity contribution in [3.05, 3.63) is 65.7 Å². The molecule has 0 aliphatic carbocycles. The van der Waals surface area contributed by atoms with Crippen LogP contribution in [0.1, 0.15) is 35.7 Å². The number of benzene rings is 2. The molecule has 0 radical (unpaired) electrons. The molecule has 5 nitrogen and oxygen atoms in total. The van der Waals surface area contributed by atoms with Crippen LogP contribution in [0.3, 0.4) is 0 Å². The lowest BCUT2D eigenvalue weighted by molar-refractivity contribution is 0.0879. The normalized spacial score (nSPS) is 16.7. The summed E-state index contributed by atoms with van der Waals surface area (Å²) in [6, 6.07) is 17.9. The van der Waals surface area contributed by atoms with Crippen LogP contribution >= 0.6 is 0 Å². The summed E-state index contributed by atoms with van der Waals surface area (Å²) in [7, 11) is 1.59. The first-order valence-corrected chi connectivity index (χ1v) is 9.64. The third kappa shape index (κ3) is 4.49. The zero-order valence-corrected chi connectivity index (χ0v) is 16.2. The number of ether oxygens (including phenoxy) is 1. The van der Waals surface area contributed by atoms with Gasteiger partial charge >= 0.3 is 0 Å². The summed E-state index contributed by atoms with van der Waals surface area (Å²) in [5.74, 6) is 0.516. The maximum atomic E-state index is 12.8. The van der Waals surface area contributed by atoms with E-state index < -0.39 is 0 Å². The highest BCUT2D eigenvalue weighted by Gasteiger charge is 2.36. The van der Waals surface area contributed by atoms with Gasteiger partial charge in [0, 0.05) is 31.6 Å². The number of hydrogen-bond acceptors (Lipinski definition) is 4. The lowest BCUT2D eigenvalue weighted by Crippen LogP contribution is -2.52. The SMILES string of the molecule is CCNN1CCC(CNC(=O)c2ccccc2OC)(c2ccccc2)CC1. The molecule has 1 heterocycles. The standard InChI is InChI=1S/C22H29N3O2/c1-3-24-25-15-13-22(14-16-25,18-9-5-4-6-10-18)17-23-21(26)19-11-7-8-12-20(19)27-2/h4-12,24H,3,13-17H2,1-2H3,(H,23,26). The molecule has 27 heavy (non-hydrogen) atoms. The first kappa shape index (κ1) is 19.4. The van der Waals surface area contributed by atoms with Crippen LogP contribution in [0, 0.1) is 0 Å². The minimum Gasteiger partial charge on any atom is -0.496 e. The fourth-order valence-corrected chi connectivity index (χ4v) is 3.85. The maximum absolute atomic E-state index is 12.8. The van der Waals surface area contributed by atoms with Gasteiger partial charge in [0.25, 0.3) is 5.91 Å². The molecule has 1 aliphatic rings. The van der Waals surface area contributed by atoms with Gasteiger partial charge in [-0.1, -0.05) is 49.4 Å². The minimum atomic E-state index is -0.0862. The minimum absolute atomic E-state index is 0.0507. The number of nitrogens with one attached hydrogen (secondary N) is 2. The molecule has 0 saturated carbocycles. The first-order chi connectivity index (χ1) is 13.2. The number of rotatable bonds is 7. The quantitative estimate of drug-likeness (QED) is 0.790. The van der Waals surface area contributed by atoms with E-state index in [1.165, 1.54) is 5.56 Å². The number of hydrogen-bond donors (Lipinski definition) is 2. The highest BCUT2D eigenvalue weighted by Crippen LogP contribution is 2.34. The molecule has 0 atom stereocenters. The third-order valence-corrected chi connectivity index (χ3v) is 5.43. The van der Waals surface area contributed by atoms with Crippen LogP contribution in [-0.2, 0) is 5.41 Å². The molecule has 0 unspecified atom stereocenters. The average Bonchev–Trinajstić information content (AvgIpc) is 2.74. The fourth-order valence-electron chi connectivity index (χ4n) is 3.85.